The Morgan fingerprint density at radius 2 is 2.10 bits per heavy atom. The van der Waals surface area contributed by atoms with Crippen LogP contribution in [-0.2, 0) is 4.74 Å². The number of hydrogen-bond donors (Lipinski definition) is 1. The van der Waals surface area contributed by atoms with Crippen molar-refractivity contribution in [2.45, 2.75) is 38.3 Å². The maximum absolute atomic E-state index is 12.4. The third kappa shape index (κ3) is 3.43. The SMILES string of the molecule is CCC1OCCC1C(N)c1ccccc1OC(F)(F)F. The van der Waals surface area contributed by atoms with Crippen LogP contribution in [-0.4, -0.2) is 19.1 Å². The van der Waals surface area contributed by atoms with Gasteiger partial charge in [-0.05, 0) is 18.9 Å². The number of halogens is 3. The van der Waals surface area contributed by atoms with E-state index in [0.717, 1.165) is 12.8 Å². The zero-order valence-corrected chi connectivity index (χ0v) is 11.2. The summed E-state index contributed by atoms with van der Waals surface area (Å²) in [5.74, 6) is -0.216. The lowest BCUT2D eigenvalue weighted by atomic mass is 9.87. The second-order valence-electron chi connectivity index (χ2n) is 4.88. The molecule has 1 fully saturated rings. The predicted molar refractivity (Wildman–Crippen MR) is 68.2 cm³/mol. The molecule has 0 spiro atoms. The van der Waals surface area contributed by atoms with Crippen molar-refractivity contribution in [3.8, 4) is 5.75 Å². The third-order valence-corrected chi connectivity index (χ3v) is 3.63. The summed E-state index contributed by atoms with van der Waals surface area (Å²) < 4.78 is 46.9. The first-order chi connectivity index (χ1) is 9.42. The quantitative estimate of drug-likeness (QED) is 0.924. The molecule has 3 atom stereocenters. The Hall–Kier alpha value is -1.27. The minimum absolute atomic E-state index is 0.0102. The molecule has 1 aromatic rings. The minimum Gasteiger partial charge on any atom is -0.405 e. The zero-order valence-electron chi connectivity index (χ0n) is 11.2. The van der Waals surface area contributed by atoms with Crippen molar-refractivity contribution < 1.29 is 22.6 Å². The summed E-state index contributed by atoms with van der Waals surface area (Å²) in [5, 5.41) is 0. The van der Waals surface area contributed by atoms with Gasteiger partial charge in [-0.1, -0.05) is 25.1 Å². The number of benzene rings is 1. The Morgan fingerprint density at radius 3 is 2.75 bits per heavy atom. The fourth-order valence-electron chi connectivity index (χ4n) is 2.70. The Bertz CT molecular complexity index is 450. The average Bonchev–Trinajstić information content (AvgIpc) is 2.85. The van der Waals surface area contributed by atoms with Gasteiger partial charge in [0.1, 0.15) is 5.75 Å². The van der Waals surface area contributed by atoms with E-state index in [4.69, 9.17) is 10.5 Å². The molecule has 1 heterocycles. The lowest BCUT2D eigenvalue weighted by Crippen LogP contribution is -2.29. The largest absolute Gasteiger partial charge is 0.573 e. The normalized spacial score (nSPS) is 24.6. The standard InChI is InChI=1S/C14H18F3NO2/c1-2-11-10(7-8-19-11)13(18)9-5-3-4-6-12(9)20-14(15,16)17/h3-6,10-11,13H,2,7-8,18H2,1H3. The van der Waals surface area contributed by atoms with E-state index in [2.05, 4.69) is 4.74 Å². The van der Waals surface area contributed by atoms with Crippen LogP contribution in [0.15, 0.2) is 24.3 Å². The lowest BCUT2D eigenvalue weighted by Gasteiger charge is -2.25. The van der Waals surface area contributed by atoms with Crippen LogP contribution < -0.4 is 10.5 Å². The van der Waals surface area contributed by atoms with Crippen molar-refractivity contribution in [3.05, 3.63) is 29.8 Å². The van der Waals surface area contributed by atoms with E-state index in [0.29, 0.717) is 12.2 Å². The predicted octanol–water partition coefficient (Wildman–Crippen LogP) is 3.40. The number of alkyl halides is 3. The molecule has 112 valence electrons. The van der Waals surface area contributed by atoms with E-state index in [1.807, 2.05) is 6.92 Å². The van der Waals surface area contributed by atoms with E-state index in [-0.39, 0.29) is 17.8 Å². The van der Waals surface area contributed by atoms with E-state index in [9.17, 15) is 13.2 Å². The monoisotopic (exact) mass is 289 g/mol. The zero-order chi connectivity index (χ0) is 14.8. The van der Waals surface area contributed by atoms with Crippen LogP contribution in [0.5, 0.6) is 5.75 Å². The summed E-state index contributed by atoms with van der Waals surface area (Å²) in [6.45, 7) is 2.58. The molecule has 0 aliphatic carbocycles. The van der Waals surface area contributed by atoms with Crippen LogP contribution in [0.4, 0.5) is 13.2 Å². The average molecular weight is 289 g/mol. The molecule has 0 amide bonds. The van der Waals surface area contributed by atoms with Gasteiger partial charge in [0.2, 0.25) is 0 Å². The van der Waals surface area contributed by atoms with Gasteiger partial charge in [-0.15, -0.1) is 13.2 Å². The highest BCUT2D eigenvalue weighted by molar-refractivity contribution is 5.36. The number of hydrogen-bond acceptors (Lipinski definition) is 3. The highest BCUT2D eigenvalue weighted by Gasteiger charge is 2.36. The Balaban J connectivity index is 2.23. The molecular formula is C14H18F3NO2. The van der Waals surface area contributed by atoms with E-state index in [1.54, 1.807) is 12.1 Å². The number of rotatable bonds is 4. The molecule has 2 rings (SSSR count). The smallest absolute Gasteiger partial charge is 0.405 e. The topological polar surface area (TPSA) is 44.5 Å². The van der Waals surface area contributed by atoms with Crippen LogP contribution >= 0.6 is 0 Å². The summed E-state index contributed by atoms with van der Waals surface area (Å²) in [7, 11) is 0. The summed E-state index contributed by atoms with van der Waals surface area (Å²) in [6, 6.07) is 5.51. The van der Waals surface area contributed by atoms with Gasteiger partial charge in [0.25, 0.3) is 0 Å². The van der Waals surface area contributed by atoms with Crippen LogP contribution in [0.2, 0.25) is 0 Å². The van der Waals surface area contributed by atoms with Crippen LogP contribution in [0.25, 0.3) is 0 Å². The van der Waals surface area contributed by atoms with Crippen LogP contribution in [0.3, 0.4) is 0 Å². The Morgan fingerprint density at radius 1 is 1.40 bits per heavy atom. The first-order valence-corrected chi connectivity index (χ1v) is 6.64. The van der Waals surface area contributed by atoms with Gasteiger partial charge in [0, 0.05) is 24.1 Å². The first kappa shape index (κ1) is 15.1. The highest BCUT2D eigenvalue weighted by atomic mass is 19.4. The molecule has 1 aliphatic rings. The van der Waals surface area contributed by atoms with Crippen molar-refractivity contribution >= 4 is 0 Å². The molecule has 0 saturated carbocycles. The molecule has 6 heteroatoms. The first-order valence-electron chi connectivity index (χ1n) is 6.64. The molecule has 3 nitrogen and oxygen atoms in total. The van der Waals surface area contributed by atoms with Crippen molar-refractivity contribution in [1.82, 2.24) is 0 Å². The van der Waals surface area contributed by atoms with Gasteiger partial charge >= 0.3 is 6.36 Å². The molecule has 20 heavy (non-hydrogen) atoms. The molecule has 1 aromatic carbocycles. The molecular weight excluding hydrogens is 271 g/mol. The molecule has 0 radical (unpaired) electrons. The van der Waals surface area contributed by atoms with E-state index < -0.39 is 12.4 Å². The summed E-state index contributed by atoms with van der Waals surface area (Å²) in [5.41, 5.74) is 6.53. The molecule has 0 aromatic heterocycles. The maximum atomic E-state index is 12.4. The van der Waals surface area contributed by atoms with Gasteiger partial charge < -0.3 is 15.2 Å². The van der Waals surface area contributed by atoms with Crippen molar-refractivity contribution in [3.63, 3.8) is 0 Å². The summed E-state index contributed by atoms with van der Waals surface area (Å²) >= 11 is 0. The fourth-order valence-corrected chi connectivity index (χ4v) is 2.70. The molecule has 1 saturated heterocycles. The second kappa shape index (κ2) is 6.01. The molecule has 0 bridgehead atoms. The van der Waals surface area contributed by atoms with Crippen molar-refractivity contribution in [1.29, 1.82) is 0 Å². The third-order valence-electron chi connectivity index (χ3n) is 3.63. The second-order valence-corrected chi connectivity index (χ2v) is 4.88. The van der Waals surface area contributed by atoms with Crippen molar-refractivity contribution in [2.75, 3.05) is 6.61 Å². The van der Waals surface area contributed by atoms with E-state index in [1.165, 1.54) is 12.1 Å². The van der Waals surface area contributed by atoms with Gasteiger partial charge in [0.05, 0.1) is 6.10 Å². The van der Waals surface area contributed by atoms with Gasteiger partial charge in [0.15, 0.2) is 0 Å². The van der Waals surface area contributed by atoms with Gasteiger partial charge in [-0.25, -0.2) is 0 Å². The number of ether oxygens (including phenoxy) is 2. The van der Waals surface area contributed by atoms with Crippen molar-refractivity contribution in [2.24, 2.45) is 11.7 Å². The maximum Gasteiger partial charge on any atom is 0.573 e. The Labute approximate surface area is 115 Å². The fraction of sp³-hybridized carbons (Fsp3) is 0.571. The van der Waals surface area contributed by atoms with Gasteiger partial charge in [-0.3, -0.25) is 0 Å². The number of nitrogens with two attached hydrogens (primary N) is 1. The number of para-hydroxylation sites is 1. The lowest BCUT2D eigenvalue weighted by molar-refractivity contribution is -0.275. The van der Waals surface area contributed by atoms with E-state index >= 15 is 0 Å². The van der Waals surface area contributed by atoms with Crippen LogP contribution in [0.1, 0.15) is 31.4 Å². The molecule has 2 N–H and O–H groups in total. The Kier molecular flexibility index (Phi) is 4.55. The molecule has 3 unspecified atom stereocenters. The summed E-state index contributed by atoms with van der Waals surface area (Å²) in [6.07, 6.45) is -3.18. The summed E-state index contributed by atoms with van der Waals surface area (Å²) in [4.78, 5) is 0. The molecule has 1 aliphatic heterocycles. The highest BCUT2D eigenvalue weighted by Crippen LogP contribution is 2.38. The van der Waals surface area contributed by atoms with Crippen LogP contribution in [0, 0.1) is 5.92 Å². The van der Waals surface area contributed by atoms with Gasteiger partial charge in [-0.2, -0.15) is 0 Å². The minimum atomic E-state index is -4.72.